The molecule has 2 rings (SSSR count). The summed E-state index contributed by atoms with van der Waals surface area (Å²) in [5, 5.41) is 0. The standard InChI is InChI=1S/C16H24N2O4S/c1-16(2,3)22-15(19)17(4)13-10-11-18(12-13)23(20,21)14-8-6-5-7-9-14/h5-9,13H,10-12H2,1-4H3. The molecule has 0 saturated carbocycles. The first kappa shape index (κ1) is 17.7. The molecule has 7 heteroatoms. The first-order chi connectivity index (χ1) is 10.6. The molecule has 0 N–H and O–H groups in total. The van der Waals surface area contributed by atoms with Crippen molar-refractivity contribution in [2.45, 2.75) is 43.7 Å². The van der Waals surface area contributed by atoms with Gasteiger partial charge in [0.15, 0.2) is 0 Å². The third-order valence-electron chi connectivity index (χ3n) is 3.74. The summed E-state index contributed by atoms with van der Waals surface area (Å²) in [6.07, 6.45) is 0.170. The maximum absolute atomic E-state index is 12.6. The Kier molecular flexibility index (Phi) is 5.01. The monoisotopic (exact) mass is 340 g/mol. The first-order valence-electron chi connectivity index (χ1n) is 7.62. The maximum Gasteiger partial charge on any atom is 0.410 e. The van der Waals surface area contributed by atoms with Gasteiger partial charge in [-0.1, -0.05) is 18.2 Å². The Labute approximate surface area is 138 Å². The lowest BCUT2D eigenvalue weighted by atomic mass is 10.2. The van der Waals surface area contributed by atoms with Crippen molar-refractivity contribution in [2.75, 3.05) is 20.1 Å². The second kappa shape index (κ2) is 6.49. The molecule has 0 aliphatic carbocycles. The molecule has 128 valence electrons. The lowest BCUT2D eigenvalue weighted by molar-refractivity contribution is 0.0233. The minimum absolute atomic E-state index is 0.177. The molecule has 1 aliphatic rings. The molecule has 1 atom stereocenters. The summed E-state index contributed by atoms with van der Waals surface area (Å²) in [6, 6.07) is 8.17. The van der Waals surface area contributed by atoms with E-state index in [4.69, 9.17) is 4.74 Å². The Hall–Kier alpha value is -1.60. The van der Waals surface area contributed by atoms with Gasteiger partial charge < -0.3 is 9.64 Å². The van der Waals surface area contributed by atoms with Crippen molar-refractivity contribution in [3.63, 3.8) is 0 Å². The second-order valence-corrected chi connectivity index (χ2v) is 8.65. The van der Waals surface area contributed by atoms with Crippen LogP contribution >= 0.6 is 0 Å². The van der Waals surface area contributed by atoms with Gasteiger partial charge in [-0.15, -0.1) is 0 Å². The van der Waals surface area contributed by atoms with E-state index in [2.05, 4.69) is 0 Å². The van der Waals surface area contributed by atoms with Crippen LogP contribution in [0.4, 0.5) is 4.79 Å². The Bertz CT molecular complexity index is 652. The summed E-state index contributed by atoms with van der Waals surface area (Å²) in [4.78, 5) is 13.9. The molecular formula is C16H24N2O4S. The van der Waals surface area contributed by atoms with Crippen LogP contribution in [0.15, 0.2) is 35.2 Å². The zero-order valence-electron chi connectivity index (χ0n) is 14.0. The SMILES string of the molecule is CN(C(=O)OC(C)(C)C)C1CCN(S(=O)(=O)c2ccccc2)C1. The highest BCUT2D eigenvalue weighted by atomic mass is 32.2. The molecule has 1 aliphatic heterocycles. The number of ether oxygens (including phenoxy) is 1. The van der Waals surface area contributed by atoms with Crippen LogP contribution in [0.5, 0.6) is 0 Å². The summed E-state index contributed by atoms with van der Waals surface area (Å²) < 4.78 is 31.9. The van der Waals surface area contributed by atoms with Gasteiger partial charge in [-0.25, -0.2) is 13.2 Å². The number of carbonyl (C=O) groups excluding carboxylic acids is 1. The molecule has 0 aromatic heterocycles. The van der Waals surface area contributed by atoms with Crippen molar-refractivity contribution in [3.8, 4) is 0 Å². The molecule has 1 aromatic rings. The maximum atomic E-state index is 12.6. The predicted molar refractivity (Wildman–Crippen MR) is 87.6 cm³/mol. The summed E-state index contributed by atoms with van der Waals surface area (Å²) in [5.74, 6) is 0. The Morgan fingerprint density at radius 3 is 2.43 bits per heavy atom. The first-order valence-corrected chi connectivity index (χ1v) is 9.06. The van der Waals surface area contributed by atoms with Crippen LogP contribution in [-0.2, 0) is 14.8 Å². The highest BCUT2D eigenvalue weighted by Gasteiger charge is 2.36. The normalized spacial score (nSPS) is 19.6. The third-order valence-corrected chi connectivity index (χ3v) is 5.62. The van der Waals surface area contributed by atoms with Gasteiger partial charge in [0.1, 0.15) is 5.60 Å². The Morgan fingerprint density at radius 2 is 1.87 bits per heavy atom. The summed E-state index contributed by atoms with van der Waals surface area (Å²) in [6.45, 7) is 6.10. The van der Waals surface area contributed by atoms with Crippen molar-refractivity contribution < 1.29 is 17.9 Å². The van der Waals surface area contributed by atoms with E-state index < -0.39 is 21.7 Å². The van der Waals surface area contributed by atoms with Gasteiger partial charge >= 0.3 is 6.09 Å². The predicted octanol–water partition coefficient (Wildman–Crippen LogP) is 2.32. The van der Waals surface area contributed by atoms with Crippen LogP contribution in [0.2, 0.25) is 0 Å². The number of sulfonamides is 1. The summed E-state index contributed by atoms with van der Waals surface area (Å²) in [5.41, 5.74) is -0.570. The largest absolute Gasteiger partial charge is 0.444 e. The van der Waals surface area contributed by atoms with Crippen molar-refractivity contribution in [1.29, 1.82) is 0 Å². The molecule has 0 radical (unpaired) electrons. The van der Waals surface area contributed by atoms with Crippen molar-refractivity contribution in [3.05, 3.63) is 30.3 Å². The number of nitrogens with zero attached hydrogens (tertiary/aromatic N) is 2. The topological polar surface area (TPSA) is 66.9 Å². The van der Waals surface area contributed by atoms with E-state index in [1.807, 2.05) is 0 Å². The van der Waals surface area contributed by atoms with Gasteiger partial charge in [0.05, 0.1) is 4.90 Å². The third kappa shape index (κ3) is 4.23. The average molecular weight is 340 g/mol. The lowest BCUT2D eigenvalue weighted by Gasteiger charge is -2.28. The van der Waals surface area contributed by atoms with Gasteiger partial charge in [0, 0.05) is 26.2 Å². The number of hydrogen-bond donors (Lipinski definition) is 0. The number of likely N-dealkylation sites (N-methyl/N-ethyl adjacent to an activating group) is 1. The van der Waals surface area contributed by atoms with E-state index in [9.17, 15) is 13.2 Å². The fourth-order valence-corrected chi connectivity index (χ4v) is 3.98. The van der Waals surface area contributed by atoms with Crippen molar-refractivity contribution >= 4 is 16.1 Å². The van der Waals surface area contributed by atoms with Crippen LogP contribution in [0.3, 0.4) is 0 Å². The minimum Gasteiger partial charge on any atom is -0.444 e. The Morgan fingerprint density at radius 1 is 1.26 bits per heavy atom. The number of amides is 1. The molecule has 6 nitrogen and oxygen atoms in total. The number of rotatable bonds is 3. The van der Waals surface area contributed by atoms with E-state index in [0.29, 0.717) is 13.0 Å². The molecule has 1 unspecified atom stereocenters. The molecule has 0 bridgehead atoms. The quantitative estimate of drug-likeness (QED) is 0.847. The second-order valence-electron chi connectivity index (χ2n) is 6.71. The van der Waals surface area contributed by atoms with Crippen molar-refractivity contribution in [2.24, 2.45) is 0 Å². The van der Waals surface area contributed by atoms with Gasteiger partial charge in [0.2, 0.25) is 10.0 Å². The summed E-state index contributed by atoms with van der Waals surface area (Å²) >= 11 is 0. The minimum atomic E-state index is -3.51. The lowest BCUT2D eigenvalue weighted by Crippen LogP contribution is -2.42. The van der Waals surface area contributed by atoms with Crippen LogP contribution in [0.1, 0.15) is 27.2 Å². The number of benzene rings is 1. The van der Waals surface area contributed by atoms with Crippen LogP contribution < -0.4 is 0 Å². The molecule has 1 saturated heterocycles. The van der Waals surface area contributed by atoms with Crippen LogP contribution in [0.25, 0.3) is 0 Å². The molecule has 1 aromatic carbocycles. The van der Waals surface area contributed by atoms with Gasteiger partial charge in [-0.3, -0.25) is 0 Å². The van der Waals surface area contributed by atoms with E-state index in [0.717, 1.165) is 0 Å². The molecule has 1 fully saturated rings. The van der Waals surface area contributed by atoms with Crippen molar-refractivity contribution in [1.82, 2.24) is 9.21 Å². The zero-order valence-corrected chi connectivity index (χ0v) is 14.8. The van der Waals surface area contributed by atoms with E-state index in [-0.39, 0.29) is 17.5 Å². The average Bonchev–Trinajstić information content (AvgIpc) is 2.96. The van der Waals surface area contributed by atoms with Gasteiger partial charge in [-0.05, 0) is 39.3 Å². The number of hydrogen-bond acceptors (Lipinski definition) is 4. The fourth-order valence-electron chi connectivity index (χ4n) is 2.47. The molecule has 1 amide bonds. The highest BCUT2D eigenvalue weighted by molar-refractivity contribution is 7.89. The smallest absolute Gasteiger partial charge is 0.410 e. The van der Waals surface area contributed by atoms with Gasteiger partial charge in [-0.2, -0.15) is 4.31 Å². The Balaban J connectivity index is 2.05. The molecule has 23 heavy (non-hydrogen) atoms. The van der Waals surface area contributed by atoms with E-state index >= 15 is 0 Å². The number of carbonyl (C=O) groups is 1. The molecule has 1 heterocycles. The summed E-state index contributed by atoms with van der Waals surface area (Å²) in [7, 11) is -1.86. The highest BCUT2D eigenvalue weighted by Crippen LogP contribution is 2.24. The molecule has 0 spiro atoms. The fraction of sp³-hybridized carbons (Fsp3) is 0.562. The zero-order chi connectivity index (χ0) is 17.3. The molecular weight excluding hydrogens is 316 g/mol. The van der Waals surface area contributed by atoms with Crippen LogP contribution in [-0.4, -0.2) is 55.5 Å². The van der Waals surface area contributed by atoms with E-state index in [1.54, 1.807) is 58.2 Å². The van der Waals surface area contributed by atoms with Gasteiger partial charge in [0.25, 0.3) is 0 Å². The van der Waals surface area contributed by atoms with Crippen LogP contribution in [0, 0.1) is 0 Å². The van der Waals surface area contributed by atoms with E-state index in [1.165, 1.54) is 9.21 Å².